The highest BCUT2D eigenvalue weighted by atomic mass is 79.9. The van der Waals surface area contributed by atoms with Crippen LogP contribution in [-0.2, 0) is 0 Å². The summed E-state index contributed by atoms with van der Waals surface area (Å²) in [7, 11) is 0. The second-order valence-corrected chi connectivity index (χ2v) is 5.18. The number of anilines is 1. The molecule has 0 spiro atoms. The minimum atomic E-state index is -1.44. The molecule has 0 heterocycles. The maximum atomic E-state index is 13.5. The highest BCUT2D eigenvalue weighted by Gasteiger charge is 2.20. The van der Waals surface area contributed by atoms with Gasteiger partial charge in [-0.1, -0.05) is 28.1 Å². The maximum Gasteiger partial charge on any atom is 0.185 e. The third-order valence-corrected chi connectivity index (χ3v) is 3.37. The molecule has 6 heteroatoms. The Kier molecular flexibility index (Phi) is 4.32. The number of halogens is 5. The normalized spacial score (nSPS) is 12.3. The molecule has 0 aliphatic rings. The SMILES string of the molecule is CC(Nc1c(F)c(F)cc(F)c1F)c1ccc(Br)cc1. The quantitative estimate of drug-likeness (QED) is 0.595. The van der Waals surface area contributed by atoms with Crippen molar-refractivity contribution < 1.29 is 17.6 Å². The average Bonchev–Trinajstić information content (AvgIpc) is 2.42. The van der Waals surface area contributed by atoms with E-state index < -0.39 is 35.0 Å². The van der Waals surface area contributed by atoms with Gasteiger partial charge >= 0.3 is 0 Å². The highest BCUT2D eigenvalue weighted by Crippen LogP contribution is 2.28. The van der Waals surface area contributed by atoms with Crippen molar-refractivity contribution in [3.05, 3.63) is 63.6 Å². The second kappa shape index (κ2) is 5.83. The van der Waals surface area contributed by atoms with E-state index in [2.05, 4.69) is 21.2 Å². The standard InChI is InChI=1S/C14H10BrF4N/c1-7(8-2-4-9(15)5-3-8)20-14-12(18)10(16)6-11(17)13(14)19/h2-7,20H,1H3. The molecule has 0 aliphatic carbocycles. The summed E-state index contributed by atoms with van der Waals surface area (Å²) in [5.41, 5.74) is -0.0883. The Morgan fingerprint density at radius 2 is 1.45 bits per heavy atom. The first-order chi connectivity index (χ1) is 9.40. The average molecular weight is 348 g/mol. The predicted octanol–water partition coefficient (Wildman–Crippen LogP) is 5.18. The van der Waals surface area contributed by atoms with Crippen molar-refractivity contribution in [1.82, 2.24) is 0 Å². The van der Waals surface area contributed by atoms with Crippen LogP contribution in [0.5, 0.6) is 0 Å². The molecule has 0 saturated carbocycles. The lowest BCUT2D eigenvalue weighted by Gasteiger charge is -2.17. The Bertz CT molecular complexity index is 602. The Morgan fingerprint density at radius 1 is 0.950 bits per heavy atom. The molecule has 2 rings (SSSR count). The Hall–Kier alpha value is -1.56. The van der Waals surface area contributed by atoms with Crippen molar-refractivity contribution in [1.29, 1.82) is 0 Å². The topological polar surface area (TPSA) is 12.0 Å². The number of benzene rings is 2. The highest BCUT2D eigenvalue weighted by molar-refractivity contribution is 9.10. The molecule has 2 aromatic carbocycles. The predicted molar refractivity (Wildman–Crippen MR) is 72.5 cm³/mol. The summed E-state index contributed by atoms with van der Waals surface area (Å²) < 4.78 is 54.1. The van der Waals surface area contributed by atoms with E-state index in [-0.39, 0.29) is 6.07 Å². The lowest BCUT2D eigenvalue weighted by molar-refractivity contribution is 0.457. The number of rotatable bonds is 3. The number of hydrogen-bond acceptors (Lipinski definition) is 1. The summed E-state index contributed by atoms with van der Waals surface area (Å²) in [4.78, 5) is 0. The zero-order chi connectivity index (χ0) is 14.9. The van der Waals surface area contributed by atoms with Crippen molar-refractivity contribution in [2.24, 2.45) is 0 Å². The lowest BCUT2D eigenvalue weighted by atomic mass is 10.1. The molecule has 1 nitrogen and oxygen atoms in total. The fraction of sp³-hybridized carbons (Fsp3) is 0.143. The summed E-state index contributed by atoms with van der Waals surface area (Å²) in [6.45, 7) is 1.63. The molecule has 0 bridgehead atoms. The van der Waals surface area contributed by atoms with Gasteiger partial charge < -0.3 is 5.32 Å². The van der Waals surface area contributed by atoms with Gasteiger partial charge in [0.1, 0.15) is 5.69 Å². The molecule has 1 atom stereocenters. The van der Waals surface area contributed by atoms with E-state index in [1.165, 1.54) is 0 Å². The van der Waals surface area contributed by atoms with Crippen LogP contribution in [0.2, 0.25) is 0 Å². The molecule has 0 saturated heterocycles. The van der Waals surface area contributed by atoms with Gasteiger partial charge in [-0.3, -0.25) is 0 Å². The van der Waals surface area contributed by atoms with Crippen LogP contribution >= 0.6 is 15.9 Å². The van der Waals surface area contributed by atoms with Crippen molar-refractivity contribution in [2.45, 2.75) is 13.0 Å². The first-order valence-corrected chi connectivity index (χ1v) is 6.54. The molecule has 106 valence electrons. The van der Waals surface area contributed by atoms with E-state index in [4.69, 9.17) is 0 Å². The van der Waals surface area contributed by atoms with Gasteiger partial charge in [0.25, 0.3) is 0 Å². The number of nitrogens with one attached hydrogen (secondary N) is 1. The van der Waals surface area contributed by atoms with E-state index in [1.807, 2.05) is 0 Å². The molecular formula is C14H10BrF4N. The van der Waals surface area contributed by atoms with Crippen LogP contribution in [0.4, 0.5) is 23.2 Å². The smallest absolute Gasteiger partial charge is 0.185 e. The minimum absolute atomic E-state index is 0.181. The van der Waals surface area contributed by atoms with Crippen LogP contribution in [0.3, 0.4) is 0 Å². The molecule has 0 radical (unpaired) electrons. The molecule has 20 heavy (non-hydrogen) atoms. The molecule has 0 amide bonds. The van der Waals surface area contributed by atoms with Crippen molar-refractivity contribution in [2.75, 3.05) is 5.32 Å². The lowest BCUT2D eigenvalue weighted by Crippen LogP contribution is -2.11. The molecular weight excluding hydrogens is 338 g/mol. The van der Waals surface area contributed by atoms with E-state index in [9.17, 15) is 17.6 Å². The molecule has 1 unspecified atom stereocenters. The fourth-order valence-electron chi connectivity index (χ4n) is 1.75. The van der Waals surface area contributed by atoms with Crippen LogP contribution in [0.15, 0.2) is 34.8 Å². The molecule has 0 fully saturated rings. The van der Waals surface area contributed by atoms with E-state index in [0.717, 1.165) is 10.0 Å². The van der Waals surface area contributed by atoms with Gasteiger partial charge in [-0.05, 0) is 24.6 Å². The van der Waals surface area contributed by atoms with Gasteiger partial charge in [0, 0.05) is 16.6 Å². The van der Waals surface area contributed by atoms with Crippen LogP contribution in [0.25, 0.3) is 0 Å². The zero-order valence-electron chi connectivity index (χ0n) is 10.4. The van der Waals surface area contributed by atoms with Gasteiger partial charge in [0.05, 0.1) is 0 Å². The Labute approximate surface area is 121 Å². The summed E-state index contributed by atoms with van der Waals surface area (Å²) in [6, 6.07) is 6.63. The van der Waals surface area contributed by atoms with E-state index >= 15 is 0 Å². The minimum Gasteiger partial charge on any atom is -0.374 e. The molecule has 2 aromatic rings. The third-order valence-electron chi connectivity index (χ3n) is 2.84. The molecule has 0 aliphatic heterocycles. The maximum absolute atomic E-state index is 13.5. The zero-order valence-corrected chi connectivity index (χ0v) is 11.9. The van der Waals surface area contributed by atoms with Crippen LogP contribution in [0.1, 0.15) is 18.5 Å². The largest absolute Gasteiger partial charge is 0.374 e. The van der Waals surface area contributed by atoms with E-state index in [1.54, 1.807) is 31.2 Å². The number of hydrogen-bond donors (Lipinski definition) is 1. The summed E-state index contributed by atoms with van der Waals surface area (Å²) in [5, 5.41) is 2.45. The summed E-state index contributed by atoms with van der Waals surface area (Å²) >= 11 is 3.26. The van der Waals surface area contributed by atoms with E-state index in [0.29, 0.717) is 0 Å². The van der Waals surface area contributed by atoms with Crippen molar-refractivity contribution >= 4 is 21.6 Å². The van der Waals surface area contributed by atoms with Gasteiger partial charge in [-0.2, -0.15) is 0 Å². The fourth-order valence-corrected chi connectivity index (χ4v) is 2.02. The monoisotopic (exact) mass is 347 g/mol. The third kappa shape index (κ3) is 2.95. The van der Waals surface area contributed by atoms with Crippen molar-refractivity contribution in [3.8, 4) is 0 Å². The van der Waals surface area contributed by atoms with Gasteiger partial charge in [-0.25, -0.2) is 17.6 Å². The van der Waals surface area contributed by atoms with Crippen LogP contribution < -0.4 is 5.32 Å². The summed E-state index contributed by atoms with van der Waals surface area (Å²) in [5.74, 6) is -5.75. The van der Waals surface area contributed by atoms with Gasteiger partial charge in [0.2, 0.25) is 0 Å². The molecule has 0 aromatic heterocycles. The summed E-state index contributed by atoms with van der Waals surface area (Å²) in [6.07, 6.45) is 0. The Morgan fingerprint density at radius 3 is 1.95 bits per heavy atom. The second-order valence-electron chi connectivity index (χ2n) is 4.26. The first-order valence-electron chi connectivity index (χ1n) is 5.75. The van der Waals surface area contributed by atoms with Crippen LogP contribution in [0, 0.1) is 23.3 Å². The first kappa shape index (κ1) is 14.8. The van der Waals surface area contributed by atoms with Gasteiger partial charge in [-0.15, -0.1) is 0 Å². The van der Waals surface area contributed by atoms with Gasteiger partial charge in [0.15, 0.2) is 23.3 Å². The molecule has 1 N–H and O–H groups in total. The van der Waals surface area contributed by atoms with Crippen molar-refractivity contribution in [3.63, 3.8) is 0 Å². The Balaban J connectivity index is 2.32. The van der Waals surface area contributed by atoms with Crippen LogP contribution in [-0.4, -0.2) is 0 Å².